The van der Waals surface area contributed by atoms with Crippen molar-refractivity contribution in [3.05, 3.63) is 59.9 Å². The van der Waals surface area contributed by atoms with Crippen molar-refractivity contribution in [2.75, 3.05) is 11.9 Å². The van der Waals surface area contributed by atoms with Crippen LogP contribution in [0.3, 0.4) is 0 Å². The number of hydrogen-bond donors (Lipinski definition) is 1. The van der Waals surface area contributed by atoms with Gasteiger partial charge in [-0.1, -0.05) is 17.7 Å². The van der Waals surface area contributed by atoms with Gasteiger partial charge < -0.3 is 10.2 Å². The van der Waals surface area contributed by atoms with Gasteiger partial charge in [-0.25, -0.2) is 4.79 Å². The molecule has 4 heteroatoms. The molecule has 0 aliphatic rings. The quantitative estimate of drug-likeness (QED) is 0.924. The highest BCUT2D eigenvalue weighted by Gasteiger charge is 2.11. The predicted octanol–water partition coefficient (Wildman–Crippen LogP) is 3.44. The summed E-state index contributed by atoms with van der Waals surface area (Å²) in [6, 6.07) is 11.5. The van der Waals surface area contributed by atoms with Crippen LogP contribution in [-0.4, -0.2) is 22.5 Å². The number of rotatable bonds is 4. The average Bonchev–Trinajstić information content (AvgIpc) is 2.48. The van der Waals surface area contributed by atoms with E-state index in [1.807, 2.05) is 50.2 Å². The molecule has 1 N–H and O–H groups in total. The monoisotopic (exact) mass is 269 g/mol. The molecule has 0 fully saturated rings. The Morgan fingerprint density at radius 3 is 2.40 bits per heavy atom. The van der Waals surface area contributed by atoms with E-state index in [-0.39, 0.29) is 6.03 Å². The van der Waals surface area contributed by atoms with Gasteiger partial charge in [0, 0.05) is 31.2 Å². The molecule has 2 amide bonds. The number of benzene rings is 1. The van der Waals surface area contributed by atoms with Gasteiger partial charge in [-0.2, -0.15) is 0 Å². The highest BCUT2D eigenvalue weighted by molar-refractivity contribution is 5.89. The van der Waals surface area contributed by atoms with E-state index in [0.29, 0.717) is 13.1 Å². The second-order valence-electron chi connectivity index (χ2n) is 4.67. The molecule has 0 saturated carbocycles. The summed E-state index contributed by atoms with van der Waals surface area (Å²) in [5.74, 6) is 0. The standard InChI is InChI=1S/C16H19N3O/c1-3-19(12-14-8-10-17-11-9-14)16(20)18-15-6-4-13(2)5-7-15/h4-11H,3,12H2,1-2H3,(H,18,20). The Labute approximate surface area is 119 Å². The number of nitrogens with one attached hydrogen (secondary N) is 1. The molecular weight excluding hydrogens is 250 g/mol. The number of aromatic nitrogens is 1. The largest absolute Gasteiger partial charge is 0.322 e. The van der Waals surface area contributed by atoms with Gasteiger partial charge >= 0.3 is 6.03 Å². The lowest BCUT2D eigenvalue weighted by Crippen LogP contribution is -2.34. The van der Waals surface area contributed by atoms with Gasteiger partial charge in [-0.05, 0) is 43.7 Å². The number of urea groups is 1. The Bertz CT molecular complexity index is 552. The van der Waals surface area contributed by atoms with Gasteiger partial charge in [0.05, 0.1) is 0 Å². The molecule has 20 heavy (non-hydrogen) atoms. The van der Waals surface area contributed by atoms with Crippen LogP contribution in [-0.2, 0) is 6.54 Å². The number of pyridine rings is 1. The first kappa shape index (κ1) is 14.1. The Morgan fingerprint density at radius 1 is 1.15 bits per heavy atom. The lowest BCUT2D eigenvalue weighted by Gasteiger charge is -2.21. The molecule has 0 atom stereocenters. The maximum atomic E-state index is 12.2. The summed E-state index contributed by atoms with van der Waals surface area (Å²) >= 11 is 0. The highest BCUT2D eigenvalue weighted by atomic mass is 16.2. The third kappa shape index (κ3) is 3.82. The smallest absolute Gasteiger partial charge is 0.320 e. The summed E-state index contributed by atoms with van der Waals surface area (Å²) in [5.41, 5.74) is 3.06. The van der Waals surface area contributed by atoms with Crippen LogP contribution in [0.1, 0.15) is 18.1 Å². The SMILES string of the molecule is CCN(Cc1ccncc1)C(=O)Nc1ccc(C)cc1. The van der Waals surface area contributed by atoms with Crippen LogP contribution in [0.25, 0.3) is 0 Å². The van der Waals surface area contributed by atoms with Crippen molar-refractivity contribution >= 4 is 11.7 Å². The van der Waals surface area contributed by atoms with E-state index in [9.17, 15) is 4.79 Å². The van der Waals surface area contributed by atoms with Crippen molar-refractivity contribution in [1.82, 2.24) is 9.88 Å². The van der Waals surface area contributed by atoms with Crippen LogP contribution in [0, 0.1) is 6.92 Å². The Balaban J connectivity index is 2.00. The molecule has 0 aliphatic carbocycles. The minimum Gasteiger partial charge on any atom is -0.320 e. The number of hydrogen-bond acceptors (Lipinski definition) is 2. The van der Waals surface area contributed by atoms with Crippen LogP contribution in [0.15, 0.2) is 48.8 Å². The first-order chi connectivity index (χ1) is 9.69. The van der Waals surface area contributed by atoms with Crippen molar-refractivity contribution in [3.63, 3.8) is 0 Å². The minimum atomic E-state index is -0.0897. The van der Waals surface area contributed by atoms with Crippen molar-refractivity contribution in [3.8, 4) is 0 Å². The van der Waals surface area contributed by atoms with Crippen LogP contribution < -0.4 is 5.32 Å². The predicted molar refractivity (Wildman–Crippen MR) is 80.5 cm³/mol. The van der Waals surface area contributed by atoms with Gasteiger partial charge in [0.2, 0.25) is 0 Å². The number of carbonyl (C=O) groups is 1. The first-order valence-electron chi connectivity index (χ1n) is 6.70. The molecule has 4 nitrogen and oxygen atoms in total. The Morgan fingerprint density at radius 2 is 1.80 bits per heavy atom. The molecular formula is C16H19N3O. The van der Waals surface area contributed by atoms with E-state index in [0.717, 1.165) is 11.3 Å². The topological polar surface area (TPSA) is 45.2 Å². The van der Waals surface area contributed by atoms with Gasteiger partial charge in [-0.3, -0.25) is 4.98 Å². The van der Waals surface area contributed by atoms with Gasteiger partial charge in [0.25, 0.3) is 0 Å². The Hall–Kier alpha value is -2.36. The molecule has 0 spiro atoms. The van der Waals surface area contributed by atoms with Gasteiger partial charge in [0.1, 0.15) is 0 Å². The average molecular weight is 269 g/mol. The van der Waals surface area contributed by atoms with E-state index in [1.165, 1.54) is 5.56 Å². The normalized spacial score (nSPS) is 10.1. The molecule has 2 aromatic rings. The third-order valence-electron chi connectivity index (χ3n) is 3.09. The van der Waals surface area contributed by atoms with E-state index < -0.39 is 0 Å². The zero-order valence-electron chi connectivity index (χ0n) is 11.8. The zero-order chi connectivity index (χ0) is 14.4. The van der Waals surface area contributed by atoms with Crippen LogP contribution >= 0.6 is 0 Å². The first-order valence-corrected chi connectivity index (χ1v) is 6.70. The zero-order valence-corrected chi connectivity index (χ0v) is 11.8. The van der Waals surface area contributed by atoms with Crippen LogP contribution in [0.4, 0.5) is 10.5 Å². The molecule has 0 unspecified atom stereocenters. The number of aryl methyl sites for hydroxylation is 1. The number of amides is 2. The second kappa shape index (κ2) is 6.70. The number of carbonyl (C=O) groups excluding carboxylic acids is 1. The summed E-state index contributed by atoms with van der Waals surface area (Å²) in [6.07, 6.45) is 3.47. The number of anilines is 1. The minimum absolute atomic E-state index is 0.0897. The maximum Gasteiger partial charge on any atom is 0.322 e. The fraction of sp³-hybridized carbons (Fsp3) is 0.250. The van der Waals surface area contributed by atoms with Crippen molar-refractivity contribution in [2.45, 2.75) is 20.4 Å². The Kier molecular flexibility index (Phi) is 4.71. The molecule has 1 aromatic carbocycles. The van der Waals surface area contributed by atoms with Gasteiger partial charge in [-0.15, -0.1) is 0 Å². The van der Waals surface area contributed by atoms with Crippen molar-refractivity contribution < 1.29 is 4.79 Å². The summed E-state index contributed by atoms with van der Waals surface area (Å²) in [6.45, 7) is 5.22. The van der Waals surface area contributed by atoms with Crippen molar-refractivity contribution in [1.29, 1.82) is 0 Å². The molecule has 1 heterocycles. The summed E-state index contributed by atoms with van der Waals surface area (Å²) in [4.78, 5) is 18.0. The molecule has 0 saturated heterocycles. The molecule has 0 aliphatic heterocycles. The summed E-state index contributed by atoms with van der Waals surface area (Å²) < 4.78 is 0. The van der Waals surface area contributed by atoms with E-state index in [2.05, 4.69) is 10.3 Å². The summed E-state index contributed by atoms with van der Waals surface area (Å²) in [5, 5.41) is 2.91. The van der Waals surface area contributed by atoms with Crippen LogP contribution in [0.2, 0.25) is 0 Å². The van der Waals surface area contributed by atoms with E-state index in [1.54, 1.807) is 17.3 Å². The number of nitrogens with zero attached hydrogens (tertiary/aromatic N) is 2. The molecule has 104 valence electrons. The molecule has 1 aromatic heterocycles. The maximum absolute atomic E-state index is 12.2. The molecule has 0 bridgehead atoms. The fourth-order valence-electron chi connectivity index (χ4n) is 1.88. The highest BCUT2D eigenvalue weighted by Crippen LogP contribution is 2.11. The summed E-state index contributed by atoms with van der Waals surface area (Å²) in [7, 11) is 0. The van der Waals surface area contributed by atoms with Crippen molar-refractivity contribution in [2.24, 2.45) is 0 Å². The fourth-order valence-corrected chi connectivity index (χ4v) is 1.88. The van der Waals surface area contributed by atoms with Gasteiger partial charge in [0.15, 0.2) is 0 Å². The third-order valence-corrected chi connectivity index (χ3v) is 3.09. The van der Waals surface area contributed by atoms with E-state index in [4.69, 9.17) is 0 Å². The molecule has 2 rings (SSSR count). The van der Waals surface area contributed by atoms with Crippen LogP contribution in [0.5, 0.6) is 0 Å². The second-order valence-corrected chi connectivity index (χ2v) is 4.67. The lowest BCUT2D eigenvalue weighted by atomic mass is 10.2. The van der Waals surface area contributed by atoms with E-state index >= 15 is 0 Å². The molecule has 0 radical (unpaired) electrons. The lowest BCUT2D eigenvalue weighted by molar-refractivity contribution is 0.212.